The minimum absolute atomic E-state index is 0.362. The monoisotopic (exact) mass is 396 g/mol. The number of carbonyl (C=O) groups excluding carboxylic acids is 1. The first kappa shape index (κ1) is 20.1. The molecule has 0 aliphatic carbocycles. The maximum absolute atomic E-state index is 12.4. The summed E-state index contributed by atoms with van der Waals surface area (Å²) in [6, 6.07) is 11.8. The molecular formula is C18H21ClN2O4S. The van der Waals surface area contributed by atoms with Crippen LogP contribution in [-0.2, 0) is 14.8 Å². The van der Waals surface area contributed by atoms with Crippen molar-refractivity contribution in [2.45, 2.75) is 13.8 Å². The fraction of sp³-hybridized carbons (Fsp3) is 0.278. The normalized spacial score (nSPS) is 11.1. The maximum Gasteiger partial charge on any atom is 0.245 e. The summed E-state index contributed by atoms with van der Waals surface area (Å²) in [6.07, 6.45) is 1.05. The lowest BCUT2D eigenvalue weighted by atomic mass is 10.2. The number of hydrogen-bond acceptors (Lipinski definition) is 4. The molecule has 0 heterocycles. The average molecular weight is 397 g/mol. The van der Waals surface area contributed by atoms with Gasteiger partial charge in [-0.05, 0) is 43.7 Å². The number of sulfonamides is 1. The van der Waals surface area contributed by atoms with Gasteiger partial charge in [0.05, 0.1) is 18.6 Å². The molecule has 26 heavy (non-hydrogen) atoms. The zero-order valence-corrected chi connectivity index (χ0v) is 16.4. The summed E-state index contributed by atoms with van der Waals surface area (Å²) in [5.74, 6) is 0.152. The second-order valence-corrected chi connectivity index (χ2v) is 8.05. The van der Waals surface area contributed by atoms with E-state index in [2.05, 4.69) is 5.32 Å². The van der Waals surface area contributed by atoms with E-state index in [0.717, 1.165) is 10.6 Å². The van der Waals surface area contributed by atoms with Crippen molar-refractivity contribution in [1.82, 2.24) is 0 Å². The zero-order chi connectivity index (χ0) is 19.3. The molecule has 6 nitrogen and oxygen atoms in total. The van der Waals surface area contributed by atoms with Crippen molar-refractivity contribution >= 4 is 38.9 Å². The number of anilines is 2. The van der Waals surface area contributed by atoms with Crippen molar-refractivity contribution in [2.75, 3.05) is 29.0 Å². The largest absolute Gasteiger partial charge is 0.494 e. The molecule has 0 bridgehead atoms. The van der Waals surface area contributed by atoms with Gasteiger partial charge >= 0.3 is 0 Å². The molecule has 0 atom stereocenters. The van der Waals surface area contributed by atoms with Crippen LogP contribution in [0, 0.1) is 6.92 Å². The fourth-order valence-corrected chi connectivity index (χ4v) is 3.47. The third-order valence-corrected chi connectivity index (χ3v) is 4.92. The van der Waals surface area contributed by atoms with Gasteiger partial charge in [0.1, 0.15) is 12.3 Å². The minimum Gasteiger partial charge on any atom is -0.494 e. The van der Waals surface area contributed by atoms with Crippen molar-refractivity contribution in [2.24, 2.45) is 0 Å². The second-order valence-electron chi connectivity index (χ2n) is 5.71. The Hall–Kier alpha value is -2.25. The number of hydrogen-bond donors (Lipinski definition) is 1. The molecule has 2 rings (SSSR count). The maximum atomic E-state index is 12.4. The molecule has 1 N–H and O–H groups in total. The van der Waals surface area contributed by atoms with Crippen LogP contribution < -0.4 is 14.4 Å². The van der Waals surface area contributed by atoms with Crippen molar-refractivity contribution in [1.29, 1.82) is 0 Å². The highest BCUT2D eigenvalue weighted by Crippen LogP contribution is 2.26. The summed E-state index contributed by atoms with van der Waals surface area (Å²) in [4.78, 5) is 12.4. The van der Waals surface area contributed by atoms with Gasteiger partial charge in [0, 0.05) is 16.8 Å². The Morgan fingerprint density at radius 3 is 2.62 bits per heavy atom. The highest BCUT2D eigenvalue weighted by atomic mass is 35.5. The van der Waals surface area contributed by atoms with Crippen LogP contribution in [0.2, 0.25) is 5.02 Å². The Morgan fingerprint density at radius 2 is 1.96 bits per heavy atom. The molecule has 2 aromatic rings. The first-order valence-electron chi connectivity index (χ1n) is 7.97. The number of aryl methyl sites for hydroxylation is 1. The Bertz CT molecular complexity index is 900. The number of nitrogens with zero attached hydrogens (tertiary/aromatic N) is 1. The van der Waals surface area contributed by atoms with E-state index < -0.39 is 15.9 Å². The Kier molecular flexibility index (Phi) is 6.50. The summed E-state index contributed by atoms with van der Waals surface area (Å²) < 4.78 is 30.8. The topological polar surface area (TPSA) is 75.7 Å². The van der Waals surface area contributed by atoms with Crippen LogP contribution >= 0.6 is 11.6 Å². The van der Waals surface area contributed by atoms with Crippen LogP contribution in [-0.4, -0.2) is 33.7 Å². The molecule has 2 aromatic carbocycles. The van der Waals surface area contributed by atoms with Gasteiger partial charge in [0.2, 0.25) is 15.9 Å². The molecule has 0 fully saturated rings. The number of amides is 1. The molecule has 0 aromatic heterocycles. The summed E-state index contributed by atoms with van der Waals surface area (Å²) in [6.45, 7) is 3.77. The van der Waals surface area contributed by atoms with E-state index in [9.17, 15) is 13.2 Å². The average Bonchev–Trinajstić information content (AvgIpc) is 2.55. The fourth-order valence-electron chi connectivity index (χ4n) is 2.39. The lowest BCUT2D eigenvalue weighted by molar-refractivity contribution is -0.114. The van der Waals surface area contributed by atoms with E-state index in [1.807, 2.05) is 6.92 Å². The second kappa shape index (κ2) is 8.42. The molecule has 0 saturated carbocycles. The molecule has 0 saturated heterocycles. The quantitative estimate of drug-likeness (QED) is 0.777. The molecule has 1 amide bonds. The standard InChI is InChI=1S/C18H21ClN2O4S/c1-4-25-16-7-5-6-15(11-16)20-18(22)12-21(26(3,23)24)17-10-14(19)9-8-13(17)2/h5-11H,4,12H2,1-3H3,(H,20,22). The number of benzene rings is 2. The summed E-state index contributed by atoms with van der Waals surface area (Å²) in [5, 5.41) is 3.08. The number of rotatable bonds is 7. The van der Waals surface area contributed by atoms with Crippen LogP contribution in [0.5, 0.6) is 5.75 Å². The molecule has 0 spiro atoms. The third-order valence-electron chi connectivity index (χ3n) is 3.56. The van der Waals surface area contributed by atoms with Crippen molar-refractivity contribution in [3.8, 4) is 5.75 Å². The number of halogens is 1. The smallest absolute Gasteiger partial charge is 0.245 e. The lowest BCUT2D eigenvalue weighted by Gasteiger charge is -2.24. The van der Waals surface area contributed by atoms with Gasteiger partial charge in [-0.25, -0.2) is 8.42 Å². The van der Waals surface area contributed by atoms with Gasteiger partial charge in [-0.3, -0.25) is 9.10 Å². The third kappa shape index (κ3) is 5.37. The highest BCUT2D eigenvalue weighted by Gasteiger charge is 2.22. The number of carbonyl (C=O) groups is 1. The SMILES string of the molecule is CCOc1cccc(NC(=O)CN(c2cc(Cl)ccc2C)S(C)(=O)=O)c1. The van der Waals surface area contributed by atoms with Gasteiger partial charge in [-0.1, -0.05) is 23.7 Å². The van der Waals surface area contributed by atoms with Gasteiger partial charge < -0.3 is 10.1 Å². The minimum atomic E-state index is -3.67. The Labute approximate surface area is 158 Å². The predicted octanol–water partition coefficient (Wildman–Crippen LogP) is 3.45. The zero-order valence-electron chi connectivity index (χ0n) is 14.8. The molecule has 0 unspecified atom stereocenters. The van der Waals surface area contributed by atoms with Crippen molar-refractivity contribution in [3.05, 3.63) is 53.1 Å². The van der Waals surface area contributed by atoms with Gasteiger partial charge in [-0.2, -0.15) is 0 Å². The number of ether oxygens (including phenoxy) is 1. The van der Waals surface area contributed by atoms with Crippen LogP contribution in [0.15, 0.2) is 42.5 Å². The molecule has 0 aliphatic heterocycles. The van der Waals surface area contributed by atoms with Gasteiger partial charge in [0.25, 0.3) is 0 Å². The van der Waals surface area contributed by atoms with Crippen molar-refractivity contribution < 1.29 is 17.9 Å². The van der Waals surface area contributed by atoms with E-state index in [0.29, 0.717) is 34.3 Å². The van der Waals surface area contributed by atoms with Crippen molar-refractivity contribution in [3.63, 3.8) is 0 Å². The molecule has 140 valence electrons. The Morgan fingerprint density at radius 1 is 1.23 bits per heavy atom. The van der Waals surface area contributed by atoms with E-state index >= 15 is 0 Å². The predicted molar refractivity (Wildman–Crippen MR) is 105 cm³/mol. The van der Waals surface area contributed by atoms with Crippen LogP contribution in [0.3, 0.4) is 0 Å². The van der Waals surface area contributed by atoms with Crippen LogP contribution in [0.1, 0.15) is 12.5 Å². The summed E-state index contributed by atoms with van der Waals surface area (Å²) in [5.41, 5.74) is 1.60. The van der Waals surface area contributed by atoms with Gasteiger partial charge in [0.15, 0.2) is 0 Å². The van der Waals surface area contributed by atoms with E-state index in [4.69, 9.17) is 16.3 Å². The van der Waals surface area contributed by atoms with Gasteiger partial charge in [-0.15, -0.1) is 0 Å². The molecule has 0 aliphatic rings. The summed E-state index contributed by atoms with van der Waals surface area (Å²) >= 11 is 5.99. The highest BCUT2D eigenvalue weighted by molar-refractivity contribution is 7.92. The first-order chi connectivity index (χ1) is 12.2. The summed E-state index contributed by atoms with van der Waals surface area (Å²) in [7, 11) is -3.67. The van der Waals surface area contributed by atoms with E-state index in [1.165, 1.54) is 6.07 Å². The molecule has 8 heteroatoms. The Balaban J connectivity index is 2.22. The molecular weight excluding hydrogens is 376 g/mol. The molecule has 0 radical (unpaired) electrons. The lowest BCUT2D eigenvalue weighted by Crippen LogP contribution is -2.37. The first-order valence-corrected chi connectivity index (χ1v) is 10.2. The number of nitrogens with one attached hydrogen (secondary N) is 1. The van der Waals surface area contributed by atoms with E-state index in [-0.39, 0.29) is 6.54 Å². The van der Waals surface area contributed by atoms with E-state index in [1.54, 1.807) is 43.3 Å². The van der Waals surface area contributed by atoms with Crippen LogP contribution in [0.4, 0.5) is 11.4 Å². The van der Waals surface area contributed by atoms with Crippen LogP contribution in [0.25, 0.3) is 0 Å².